The first kappa shape index (κ1) is 19.8. The molecule has 28 heavy (non-hydrogen) atoms. The monoisotopic (exact) mass is 440 g/mol. The van der Waals surface area contributed by atoms with Crippen molar-refractivity contribution < 1.29 is 24.3 Å². The van der Waals surface area contributed by atoms with Gasteiger partial charge in [-0.1, -0.05) is 40.9 Å². The van der Waals surface area contributed by atoms with E-state index in [2.05, 4.69) is 10.2 Å². The minimum atomic E-state index is -1.06. The van der Waals surface area contributed by atoms with Crippen LogP contribution in [-0.4, -0.2) is 57.6 Å². The number of hydrogen-bond acceptors (Lipinski definition) is 11. The average Bonchev–Trinajstić information content (AvgIpc) is 3.21. The lowest BCUT2D eigenvalue weighted by Crippen LogP contribution is -2.40. The third-order valence-corrected chi connectivity index (χ3v) is 7.60. The SMILES string of the molecule is COc1ccc2c(c1C1OC1O)OB(O)[C@@H](Sc1nnc(SCC(=N)N)s1)C2. The fourth-order valence-corrected chi connectivity index (χ4v) is 5.96. The van der Waals surface area contributed by atoms with Crippen LogP contribution in [0.15, 0.2) is 20.8 Å². The molecule has 3 heterocycles. The molecule has 1 fully saturated rings. The number of epoxide rings is 1. The van der Waals surface area contributed by atoms with Crippen molar-refractivity contribution in [1.82, 2.24) is 10.2 Å². The van der Waals surface area contributed by atoms with Gasteiger partial charge in [0.2, 0.25) is 0 Å². The summed E-state index contributed by atoms with van der Waals surface area (Å²) < 4.78 is 17.8. The molecule has 3 atom stereocenters. The van der Waals surface area contributed by atoms with Crippen molar-refractivity contribution in [3.05, 3.63) is 23.3 Å². The van der Waals surface area contributed by atoms with Crippen molar-refractivity contribution in [2.75, 3.05) is 12.9 Å². The largest absolute Gasteiger partial charge is 0.537 e. The van der Waals surface area contributed by atoms with Crippen LogP contribution in [-0.2, 0) is 11.2 Å². The molecule has 1 aromatic carbocycles. The summed E-state index contributed by atoms with van der Waals surface area (Å²) in [6, 6.07) is 3.70. The van der Waals surface area contributed by atoms with Gasteiger partial charge in [0, 0.05) is 0 Å². The number of amidine groups is 1. The maximum absolute atomic E-state index is 10.5. The summed E-state index contributed by atoms with van der Waals surface area (Å²) >= 11 is 4.13. The molecule has 9 nitrogen and oxygen atoms in total. The highest BCUT2D eigenvalue weighted by Gasteiger charge is 2.46. The quantitative estimate of drug-likeness (QED) is 0.162. The maximum atomic E-state index is 10.5. The second-order valence-corrected chi connectivity index (χ2v) is 9.82. The maximum Gasteiger partial charge on any atom is 0.537 e. The Bertz CT molecular complexity index is 901. The van der Waals surface area contributed by atoms with E-state index in [-0.39, 0.29) is 11.0 Å². The Morgan fingerprint density at radius 1 is 1.46 bits per heavy atom. The van der Waals surface area contributed by atoms with Crippen molar-refractivity contribution >= 4 is 47.8 Å². The van der Waals surface area contributed by atoms with Gasteiger partial charge >= 0.3 is 7.12 Å². The highest BCUT2D eigenvalue weighted by molar-refractivity contribution is 8.04. The van der Waals surface area contributed by atoms with Gasteiger partial charge in [0.1, 0.15) is 23.4 Å². The van der Waals surface area contributed by atoms with E-state index in [9.17, 15) is 10.1 Å². The number of nitrogens with two attached hydrogens (primary N) is 1. The fraction of sp³-hybridized carbons (Fsp3) is 0.400. The molecule has 0 saturated carbocycles. The molecule has 13 heteroatoms. The molecule has 4 rings (SSSR count). The molecule has 0 radical (unpaired) electrons. The Hall–Kier alpha value is -1.51. The predicted octanol–water partition coefficient (Wildman–Crippen LogP) is 1.08. The number of aliphatic hydroxyl groups is 1. The van der Waals surface area contributed by atoms with Crippen LogP contribution in [0.3, 0.4) is 0 Å². The van der Waals surface area contributed by atoms with E-state index in [1.54, 1.807) is 0 Å². The molecule has 0 amide bonds. The molecule has 2 aromatic rings. The lowest BCUT2D eigenvalue weighted by molar-refractivity contribution is 0.156. The minimum absolute atomic E-state index is 0.0816. The van der Waals surface area contributed by atoms with Gasteiger partial charge in [0.25, 0.3) is 0 Å². The van der Waals surface area contributed by atoms with Gasteiger partial charge in [-0.15, -0.1) is 10.2 Å². The van der Waals surface area contributed by atoms with Crippen LogP contribution in [0, 0.1) is 5.41 Å². The number of methoxy groups -OCH3 is 1. The van der Waals surface area contributed by atoms with E-state index in [0.29, 0.717) is 33.6 Å². The molecular formula is C15H17BN4O5S3. The summed E-state index contributed by atoms with van der Waals surface area (Å²) in [5.41, 5.74) is 6.88. The fourth-order valence-electron chi connectivity index (χ4n) is 2.88. The normalized spacial score (nSPS) is 23.1. The number of aromatic nitrogens is 2. The summed E-state index contributed by atoms with van der Waals surface area (Å²) in [6.07, 6.45) is -0.845. The lowest BCUT2D eigenvalue weighted by Gasteiger charge is -2.28. The Morgan fingerprint density at radius 3 is 2.89 bits per heavy atom. The van der Waals surface area contributed by atoms with Gasteiger partial charge in [-0.25, -0.2) is 0 Å². The van der Waals surface area contributed by atoms with Gasteiger partial charge in [0.05, 0.1) is 23.6 Å². The number of rotatable bonds is 7. The van der Waals surface area contributed by atoms with Crippen molar-refractivity contribution in [3.63, 3.8) is 0 Å². The topological polar surface area (TPSA) is 147 Å². The van der Waals surface area contributed by atoms with E-state index in [1.807, 2.05) is 12.1 Å². The van der Waals surface area contributed by atoms with Crippen LogP contribution < -0.4 is 15.1 Å². The van der Waals surface area contributed by atoms with Crippen LogP contribution in [0.25, 0.3) is 0 Å². The number of hydrogen-bond donors (Lipinski definition) is 4. The number of nitrogens with one attached hydrogen (secondary N) is 1. The molecule has 1 aromatic heterocycles. The molecule has 2 aliphatic rings. The highest BCUT2D eigenvalue weighted by Crippen LogP contribution is 2.50. The molecule has 0 aliphatic carbocycles. The van der Waals surface area contributed by atoms with Gasteiger partial charge in [-0.3, -0.25) is 5.41 Å². The van der Waals surface area contributed by atoms with Crippen LogP contribution in [0.1, 0.15) is 17.2 Å². The molecule has 1 saturated heterocycles. The molecular weight excluding hydrogens is 423 g/mol. The first-order valence-electron chi connectivity index (χ1n) is 8.30. The first-order chi connectivity index (χ1) is 13.5. The Morgan fingerprint density at radius 2 is 2.21 bits per heavy atom. The van der Waals surface area contributed by atoms with E-state index in [0.717, 1.165) is 9.90 Å². The number of aliphatic hydroxyl groups excluding tert-OH is 1. The molecule has 0 bridgehead atoms. The zero-order chi connectivity index (χ0) is 19.8. The molecule has 2 aliphatic heterocycles. The zero-order valence-electron chi connectivity index (χ0n) is 14.7. The zero-order valence-corrected chi connectivity index (χ0v) is 17.1. The second-order valence-electron chi connectivity index (χ2n) is 6.13. The smallest absolute Gasteiger partial charge is 0.535 e. The van der Waals surface area contributed by atoms with Gasteiger partial charge in [-0.2, -0.15) is 0 Å². The number of thioether (sulfide) groups is 2. The summed E-state index contributed by atoms with van der Waals surface area (Å²) in [5.74, 6) is 1.50. The van der Waals surface area contributed by atoms with Crippen LogP contribution >= 0.6 is 34.9 Å². The average molecular weight is 440 g/mol. The first-order valence-corrected chi connectivity index (χ1v) is 11.0. The number of nitrogens with zero attached hydrogens (tertiary/aromatic N) is 2. The Balaban J connectivity index is 1.50. The van der Waals surface area contributed by atoms with Crippen LogP contribution in [0.5, 0.6) is 11.5 Å². The number of fused-ring (bicyclic) bond motifs is 1. The molecule has 5 N–H and O–H groups in total. The van der Waals surface area contributed by atoms with Crippen molar-refractivity contribution in [2.45, 2.75) is 32.6 Å². The van der Waals surface area contributed by atoms with E-state index >= 15 is 0 Å². The minimum Gasteiger partial charge on any atom is -0.535 e. The lowest BCUT2D eigenvalue weighted by atomic mass is 9.77. The summed E-state index contributed by atoms with van der Waals surface area (Å²) in [5, 5.41) is 35.4. The summed E-state index contributed by atoms with van der Waals surface area (Å²) in [7, 11) is 0.478. The summed E-state index contributed by atoms with van der Waals surface area (Å²) in [6.45, 7) is 0. The Labute approximate surface area is 173 Å². The highest BCUT2D eigenvalue weighted by atomic mass is 32.2. The van der Waals surface area contributed by atoms with Crippen molar-refractivity contribution in [2.24, 2.45) is 5.73 Å². The van der Waals surface area contributed by atoms with Gasteiger partial charge in [-0.05, 0) is 18.1 Å². The van der Waals surface area contributed by atoms with E-state index < -0.39 is 19.5 Å². The number of ether oxygens (including phenoxy) is 2. The predicted molar refractivity (Wildman–Crippen MR) is 107 cm³/mol. The standard InChI is InChI=1S/C15H17BN4O5S3/c1-23-7-3-2-6-4-8(16(22)25-11(6)10(7)12-13(21)24-12)27-15-20-19-14(28-15)26-5-9(17)18/h2-3,8,12-13,21-22H,4-5H2,1H3,(H3,17,18)/t8-,12?,13?/m0/s1. The van der Waals surface area contributed by atoms with Crippen LogP contribution in [0.4, 0.5) is 0 Å². The van der Waals surface area contributed by atoms with Gasteiger partial charge in [0.15, 0.2) is 15.0 Å². The van der Waals surface area contributed by atoms with Crippen molar-refractivity contribution in [1.29, 1.82) is 5.41 Å². The molecule has 0 spiro atoms. The molecule has 148 valence electrons. The van der Waals surface area contributed by atoms with E-state index in [4.69, 9.17) is 25.3 Å². The van der Waals surface area contributed by atoms with Gasteiger partial charge < -0.3 is 30.0 Å². The third kappa shape index (κ3) is 4.09. The summed E-state index contributed by atoms with van der Waals surface area (Å²) in [4.78, 5) is 0. The van der Waals surface area contributed by atoms with E-state index in [1.165, 1.54) is 42.0 Å². The third-order valence-electron chi connectivity index (χ3n) is 4.18. The second kappa shape index (κ2) is 8.09. The Kier molecular flexibility index (Phi) is 5.72. The van der Waals surface area contributed by atoms with Crippen LogP contribution in [0.2, 0.25) is 0 Å². The number of benzene rings is 1. The van der Waals surface area contributed by atoms with Crippen molar-refractivity contribution in [3.8, 4) is 11.5 Å². The molecule has 2 unspecified atom stereocenters.